The Hall–Kier alpha value is -2.87. The molecule has 0 saturated heterocycles. The van der Waals surface area contributed by atoms with Crippen LogP contribution in [0, 0.1) is 0 Å². The minimum Gasteiger partial charge on any atom is -0.465 e. The Morgan fingerprint density at radius 3 is 2.27 bits per heavy atom. The number of benzene rings is 2. The predicted octanol–water partition coefficient (Wildman–Crippen LogP) is 6.02. The highest BCUT2D eigenvalue weighted by molar-refractivity contribution is 5.91. The van der Waals surface area contributed by atoms with Gasteiger partial charge in [0.05, 0.1) is 18.4 Å². The summed E-state index contributed by atoms with van der Waals surface area (Å²) >= 11 is 0. The third kappa shape index (κ3) is 8.65. The number of ether oxygens (including phenoxy) is 3. The molecule has 0 amide bonds. The maximum Gasteiger partial charge on any atom is 0.522 e. The van der Waals surface area contributed by atoms with Gasteiger partial charge in [-0.2, -0.15) is 0 Å². The van der Waals surface area contributed by atoms with Gasteiger partial charge in [-0.05, 0) is 67.3 Å². The lowest BCUT2D eigenvalue weighted by Crippen LogP contribution is -2.20. The third-order valence-corrected chi connectivity index (χ3v) is 3.93. The molecule has 2 aromatic carbocycles. The molecular weight excluding hydrogens is 404 g/mol. The maximum atomic E-state index is 13.5. The van der Waals surface area contributed by atoms with Crippen molar-refractivity contribution in [3.05, 3.63) is 72.0 Å². The highest BCUT2D eigenvalue weighted by Crippen LogP contribution is 2.20. The predicted molar refractivity (Wildman–Crippen MR) is 103 cm³/mol. The van der Waals surface area contributed by atoms with E-state index in [9.17, 15) is 22.4 Å². The number of carbonyl (C=O) groups excluding carboxylic acids is 1. The number of allylic oxidation sites excluding steroid dienone is 1. The zero-order valence-corrected chi connectivity index (χ0v) is 16.3. The van der Waals surface area contributed by atoms with Gasteiger partial charge in [0.15, 0.2) is 0 Å². The fourth-order valence-corrected chi connectivity index (χ4v) is 2.37. The molecule has 0 aliphatic heterocycles. The van der Waals surface area contributed by atoms with Gasteiger partial charge in [-0.3, -0.25) is 4.74 Å². The van der Waals surface area contributed by atoms with Crippen LogP contribution in [-0.2, 0) is 11.2 Å². The molecule has 162 valence electrons. The summed E-state index contributed by atoms with van der Waals surface area (Å²) in [5, 5.41) is 0. The molecule has 4 nitrogen and oxygen atoms in total. The van der Waals surface area contributed by atoms with Gasteiger partial charge in [0, 0.05) is 0 Å². The maximum absolute atomic E-state index is 13.5. The van der Waals surface area contributed by atoms with E-state index >= 15 is 0 Å². The second kappa shape index (κ2) is 11.3. The summed E-state index contributed by atoms with van der Waals surface area (Å²) in [7, 11) is 0. The Bertz CT molecular complexity index is 815. The smallest absolute Gasteiger partial charge is 0.465 e. The molecule has 0 bridgehead atoms. The molecule has 0 spiro atoms. The summed E-state index contributed by atoms with van der Waals surface area (Å²) in [5.74, 6) is 0.339. The number of hydrogen-bond donors (Lipinski definition) is 0. The average Bonchev–Trinajstić information content (AvgIpc) is 2.72. The Kier molecular flexibility index (Phi) is 8.86. The third-order valence-electron chi connectivity index (χ3n) is 3.93. The standard InChI is InChI=1S/C22H22F4O4/c1-2-3-14-28-19-12-7-17(8-13-19)21(27)30-20-10-5-16(6-11-20)4-9-18(23)15-29-22(24,25)26/h3,5-8,10-14,18H,2,4,9,15H2,1H3/b14-3+. The molecule has 30 heavy (non-hydrogen) atoms. The fraction of sp³-hybridized carbons (Fsp3) is 0.318. The van der Waals surface area contributed by atoms with Crippen LogP contribution in [0.4, 0.5) is 17.6 Å². The van der Waals surface area contributed by atoms with Crippen molar-refractivity contribution in [2.75, 3.05) is 6.61 Å². The number of alkyl halides is 4. The van der Waals surface area contributed by atoms with Gasteiger partial charge >= 0.3 is 12.3 Å². The highest BCUT2D eigenvalue weighted by atomic mass is 19.4. The SMILES string of the molecule is CC/C=C/Oc1ccc(C(=O)Oc2ccc(CCC(F)COC(F)(F)F)cc2)cc1. The van der Waals surface area contributed by atoms with Gasteiger partial charge in [-0.15, -0.1) is 13.2 Å². The Balaban J connectivity index is 1.82. The number of aryl methyl sites for hydroxylation is 1. The van der Waals surface area contributed by atoms with E-state index in [1.54, 1.807) is 54.8 Å². The van der Waals surface area contributed by atoms with Crippen molar-refractivity contribution in [1.82, 2.24) is 0 Å². The van der Waals surface area contributed by atoms with Gasteiger partial charge in [-0.1, -0.05) is 19.1 Å². The Morgan fingerprint density at radius 1 is 1.03 bits per heavy atom. The van der Waals surface area contributed by atoms with Crippen LogP contribution in [0.15, 0.2) is 60.9 Å². The van der Waals surface area contributed by atoms with E-state index in [1.807, 2.05) is 13.0 Å². The molecule has 0 saturated carbocycles. The van der Waals surface area contributed by atoms with Crippen molar-refractivity contribution in [1.29, 1.82) is 0 Å². The van der Waals surface area contributed by atoms with E-state index in [-0.39, 0.29) is 12.8 Å². The lowest BCUT2D eigenvalue weighted by molar-refractivity contribution is -0.328. The molecule has 2 aromatic rings. The molecule has 0 aromatic heterocycles. The summed E-state index contributed by atoms with van der Waals surface area (Å²) in [6, 6.07) is 12.8. The van der Waals surface area contributed by atoms with Crippen LogP contribution in [0.3, 0.4) is 0 Å². The minimum atomic E-state index is -4.84. The van der Waals surface area contributed by atoms with Crippen LogP contribution < -0.4 is 9.47 Å². The fourth-order valence-electron chi connectivity index (χ4n) is 2.37. The van der Waals surface area contributed by atoms with Crippen LogP contribution in [0.2, 0.25) is 0 Å². The van der Waals surface area contributed by atoms with Gasteiger partial charge in [-0.25, -0.2) is 9.18 Å². The molecular formula is C22H22F4O4. The number of carbonyl (C=O) groups is 1. The van der Waals surface area contributed by atoms with Crippen LogP contribution in [0.5, 0.6) is 11.5 Å². The van der Waals surface area contributed by atoms with E-state index in [1.165, 1.54) is 0 Å². The van der Waals surface area contributed by atoms with Crippen LogP contribution in [0.1, 0.15) is 35.7 Å². The molecule has 0 heterocycles. The van der Waals surface area contributed by atoms with Crippen molar-refractivity contribution in [2.45, 2.75) is 38.7 Å². The summed E-state index contributed by atoms with van der Waals surface area (Å²) in [5.41, 5.74) is 1.04. The zero-order chi connectivity index (χ0) is 22.0. The van der Waals surface area contributed by atoms with Crippen LogP contribution in [-0.4, -0.2) is 25.1 Å². The number of hydrogen-bond acceptors (Lipinski definition) is 4. The Morgan fingerprint density at radius 2 is 1.67 bits per heavy atom. The Labute approximate surface area is 172 Å². The van der Waals surface area contributed by atoms with E-state index in [4.69, 9.17) is 9.47 Å². The molecule has 0 N–H and O–H groups in total. The number of rotatable bonds is 10. The molecule has 1 unspecified atom stereocenters. The van der Waals surface area contributed by atoms with Crippen LogP contribution in [0.25, 0.3) is 0 Å². The summed E-state index contributed by atoms with van der Waals surface area (Å²) in [6.45, 7) is 0.953. The van der Waals surface area contributed by atoms with Crippen molar-refractivity contribution in [3.8, 4) is 11.5 Å². The van der Waals surface area contributed by atoms with Crippen LogP contribution >= 0.6 is 0 Å². The van der Waals surface area contributed by atoms with E-state index in [2.05, 4.69) is 4.74 Å². The zero-order valence-electron chi connectivity index (χ0n) is 16.3. The first kappa shape index (κ1) is 23.4. The second-order valence-electron chi connectivity index (χ2n) is 6.35. The normalized spacial score (nSPS) is 12.7. The van der Waals surface area contributed by atoms with Crippen molar-refractivity contribution in [2.24, 2.45) is 0 Å². The average molecular weight is 426 g/mol. The quantitative estimate of drug-likeness (QED) is 0.202. The molecule has 1 atom stereocenters. The first-order chi connectivity index (χ1) is 14.3. The van der Waals surface area contributed by atoms with Crippen molar-refractivity contribution < 1.29 is 36.6 Å². The largest absolute Gasteiger partial charge is 0.522 e. The van der Waals surface area contributed by atoms with Gasteiger partial charge in [0.25, 0.3) is 0 Å². The molecule has 0 aliphatic carbocycles. The van der Waals surface area contributed by atoms with E-state index in [0.717, 1.165) is 6.42 Å². The van der Waals surface area contributed by atoms with Gasteiger partial charge in [0.1, 0.15) is 17.7 Å². The summed E-state index contributed by atoms with van der Waals surface area (Å²) < 4.78 is 63.3. The summed E-state index contributed by atoms with van der Waals surface area (Å²) in [4.78, 5) is 12.2. The first-order valence-corrected chi connectivity index (χ1v) is 9.34. The minimum absolute atomic E-state index is 0.114. The molecule has 0 radical (unpaired) electrons. The van der Waals surface area contributed by atoms with Gasteiger partial charge in [0.2, 0.25) is 0 Å². The summed E-state index contributed by atoms with van der Waals surface area (Å²) in [6.07, 6.45) is -2.17. The number of halogens is 4. The van der Waals surface area contributed by atoms with E-state index in [0.29, 0.717) is 22.6 Å². The lowest BCUT2D eigenvalue weighted by Gasteiger charge is -2.11. The second-order valence-corrected chi connectivity index (χ2v) is 6.35. The topological polar surface area (TPSA) is 44.8 Å². The molecule has 8 heteroatoms. The molecule has 0 fully saturated rings. The number of esters is 1. The molecule has 0 aliphatic rings. The lowest BCUT2D eigenvalue weighted by atomic mass is 10.1. The van der Waals surface area contributed by atoms with Crippen molar-refractivity contribution in [3.63, 3.8) is 0 Å². The van der Waals surface area contributed by atoms with E-state index < -0.39 is 25.1 Å². The first-order valence-electron chi connectivity index (χ1n) is 9.34. The van der Waals surface area contributed by atoms with Gasteiger partial charge < -0.3 is 9.47 Å². The molecule has 2 rings (SSSR count). The highest BCUT2D eigenvalue weighted by Gasteiger charge is 2.30. The van der Waals surface area contributed by atoms with Crippen molar-refractivity contribution >= 4 is 5.97 Å². The monoisotopic (exact) mass is 426 g/mol.